The minimum Gasteiger partial charge on any atom is -0.389 e. The van der Waals surface area contributed by atoms with E-state index in [0.717, 1.165) is 11.3 Å². The van der Waals surface area contributed by atoms with Crippen molar-refractivity contribution in [1.82, 2.24) is 5.16 Å². The van der Waals surface area contributed by atoms with Gasteiger partial charge in [-0.05, 0) is 12.1 Å². The molecule has 0 unspecified atom stereocenters. The lowest BCUT2D eigenvalue weighted by Gasteiger charge is -1.82. The average molecular weight is 135 g/mol. The zero-order chi connectivity index (χ0) is 6.97. The number of hydrogen-bond acceptors (Lipinski definition) is 3. The molecular formula is C6H5N3O. The standard InChI is InChI=1S/C6H5N3O/c7-8-5-1-2-6-4(5)3-10-9-6/h1-3,7,9H. The van der Waals surface area contributed by atoms with Gasteiger partial charge in [0.25, 0.3) is 0 Å². The van der Waals surface area contributed by atoms with Crippen LogP contribution in [0.15, 0.2) is 28.0 Å². The molecule has 0 aromatic heterocycles. The highest BCUT2D eigenvalue weighted by Gasteiger charge is 2.10. The Morgan fingerprint density at radius 2 is 2.40 bits per heavy atom. The Balaban J connectivity index is 2.71. The molecule has 4 heteroatoms. The van der Waals surface area contributed by atoms with E-state index in [9.17, 15) is 0 Å². The molecule has 2 rings (SSSR count). The van der Waals surface area contributed by atoms with Gasteiger partial charge in [-0.3, -0.25) is 0 Å². The first-order valence-corrected chi connectivity index (χ1v) is 2.84. The maximum atomic E-state index is 6.75. The van der Waals surface area contributed by atoms with Gasteiger partial charge in [0, 0.05) is 0 Å². The summed E-state index contributed by atoms with van der Waals surface area (Å²) in [5, 5.41) is 5.96. The molecule has 2 aliphatic rings. The van der Waals surface area contributed by atoms with Crippen LogP contribution in [-0.2, 0) is 0 Å². The normalized spacial score (nSPS) is 10.4. The molecule has 0 amide bonds. The fraction of sp³-hybridized carbons (Fsp3) is 0. The molecular weight excluding hydrogens is 130 g/mol. The van der Waals surface area contributed by atoms with Crippen LogP contribution in [0.1, 0.15) is 0 Å². The van der Waals surface area contributed by atoms with Gasteiger partial charge < -0.3 is 4.52 Å². The smallest absolute Gasteiger partial charge is 0.130 e. The molecule has 1 heterocycles. The van der Waals surface area contributed by atoms with E-state index in [1.54, 1.807) is 12.3 Å². The number of hydrogen-bond donors (Lipinski definition) is 2. The van der Waals surface area contributed by atoms with Gasteiger partial charge in [0.1, 0.15) is 6.26 Å². The predicted molar refractivity (Wildman–Crippen MR) is 34.5 cm³/mol. The number of aromatic amines is 1. The van der Waals surface area contributed by atoms with E-state index in [2.05, 4.69) is 10.3 Å². The summed E-state index contributed by atoms with van der Waals surface area (Å²) in [5.41, 5.74) is 9.13. The number of rotatable bonds is 1. The third-order valence-corrected chi connectivity index (χ3v) is 1.44. The number of nitrogens with one attached hydrogen (secondary N) is 2. The Bertz CT molecular complexity index is 322. The highest BCUT2D eigenvalue weighted by Crippen LogP contribution is 2.32. The second-order valence-electron chi connectivity index (χ2n) is 2.00. The fourth-order valence-electron chi connectivity index (χ4n) is 0.942. The van der Waals surface area contributed by atoms with Crippen LogP contribution < -0.4 is 0 Å². The van der Waals surface area contributed by atoms with E-state index in [1.807, 2.05) is 6.07 Å². The summed E-state index contributed by atoms with van der Waals surface area (Å²) in [7, 11) is 0. The molecule has 1 aliphatic heterocycles. The number of fused-ring (bicyclic) bond motifs is 1. The molecule has 0 bridgehead atoms. The Hall–Kier alpha value is -1.58. The molecule has 10 heavy (non-hydrogen) atoms. The SMILES string of the molecule is N=Nc1ccc2[nH]occ1-2. The minimum absolute atomic E-state index is 0.639. The lowest BCUT2D eigenvalue weighted by atomic mass is 10.3. The van der Waals surface area contributed by atoms with Crippen molar-refractivity contribution in [3.8, 4) is 11.3 Å². The van der Waals surface area contributed by atoms with E-state index < -0.39 is 0 Å². The predicted octanol–water partition coefficient (Wildman–Crippen LogP) is 2.37. The first kappa shape index (κ1) is 5.22. The molecule has 1 aliphatic carbocycles. The number of aromatic nitrogens is 1. The molecule has 0 spiro atoms. The first-order valence-electron chi connectivity index (χ1n) is 2.84. The fourth-order valence-corrected chi connectivity index (χ4v) is 0.942. The topological polar surface area (TPSA) is 65.1 Å². The molecule has 4 nitrogen and oxygen atoms in total. The molecule has 0 atom stereocenters. The van der Waals surface area contributed by atoms with Gasteiger partial charge in [-0.25, -0.2) is 10.7 Å². The van der Waals surface area contributed by atoms with Crippen LogP contribution >= 0.6 is 0 Å². The molecule has 0 saturated carbocycles. The largest absolute Gasteiger partial charge is 0.389 e. The summed E-state index contributed by atoms with van der Waals surface area (Å²) >= 11 is 0. The maximum Gasteiger partial charge on any atom is 0.130 e. The number of nitrogens with zero attached hydrogens (tertiary/aromatic N) is 1. The van der Waals surface area contributed by atoms with Gasteiger partial charge in [-0.1, -0.05) is 0 Å². The zero-order valence-electron chi connectivity index (χ0n) is 5.09. The van der Waals surface area contributed by atoms with Gasteiger partial charge in [0.2, 0.25) is 0 Å². The Labute approximate surface area is 56.7 Å². The van der Waals surface area contributed by atoms with Crippen molar-refractivity contribution in [3.63, 3.8) is 0 Å². The maximum absolute atomic E-state index is 6.75. The quantitative estimate of drug-likeness (QED) is 0.579. The van der Waals surface area contributed by atoms with Crippen LogP contribution in [0.2, 0.25) is 0 Å². The average Bonchev–Trinajstić information content (AvgIpc) is 2.44. The van der Waals surface area contributed by atoms with Crippen molar-refractivity contribution in [1.29, 1.82) is 5.53 Å². The third-order valence-electron chi connectivity index (χ3n) is 1.44. The van der Waals surface area contributed by atoms with Crippen molar-refractivity contribution in [2.45, 2.75) is 0 Å². The molecule has 0 fully saturated rings. The van der Waals surface area contributed by atoms with Crippen LogP contribution in [0.25, 0.3) is 11.3 Å². The lowest BCUT2D eigenvalue weighted by molar-refractivity contribution is 0.425. The van der Waals surface area contributed by atoms with Gasteiger partial charge in [0.15, 0.2) is 0 Å². The first-order chi connectivity index (χ1) is 4.92. The van der Waals surface area contributed by atoms with Crippen molar-refractivity contribution < 1.29 is 4.52 Å². The van der Waals surface area contributed by atoms with E-state index in [1.165, 1.54) is 0 Å². The summed E-state index contributed by atoms with van der Waals surface area (Å²) in [6, 6.07) is 3.59. The molecule has 0 aromatic rings. The van der Waals surface area contributed by atoms with Crippen LogP contribution in [0.4, 0.5) is 5.69 Å². The van der Waals surface area contributed by atoms with Gasteiger partial charge in [-0.15, -0.1) is 0 Å². The lowest BCUT2D eigenvalue weighted by Crippen LogP contribution is -1.62. The van der Waals surface area contributed by atoms with Crippen molar-refractivity contribution >= 4 is 5.69 Å². The highest BCUT2D eigenvalue weighted by molar-refractivity contribution is 5.75. The molecule has 2 N–H and O–H groups in total. The van der Waals surface area contributed by atoms with E-state index in [0.29, 0.717) is 5.69 Å². The van der Waals surface area contributed by atoms with Gasteiger partial charge in [-0.2, -0.15) is 5.11 Å². The third kappa shape index (κ3) is 0.500. The molecule has 50 valence electrons. The molecule has 0 radical (unpaired) electrons. The van der Waals surface area contributed by atoms with Crippen LogP contribution in [0.5, 0.6) is 0 Å². The summed E-state index contributed by atoms with van der Waals surface area (Å²) < 4.78 is 4.78. The molecule has 0 aromatic carbocycles. The van der Waals surface area contributed by atoms with E-state index in [-0.39, 0.29) is 0 Å². The van der Waals surface area contributed by atoms with Gasteiger partial charge >= 0.3 is 0 Å². The summed E-state index contributed by atoms with van der Waals surface area (Å²) in [6.45, 7) is 0. The van der Waals surface area contributed by atoms with Crippen LogP contribution in [0, 0.1) is 5.53 Å². The summed E-state index contributed by atoms with van der Waals surface area (Å²) in [4.78, 5) is 0. The Kier molecular flexibility index (Phi) is 0.887. The van der Waals surface area contributed by atoms with Crippen molar-refractivity contribution in [3.05, 3.63) is 18.4 Å². The second kappa shape index (κ2) is 1.70. The van der Waals surface area contributed by atoms with E-state index >= 15 is 0 Å². The summed E-state index contributed by atoms with van der Waals surface area (Å²) in [6.07, 6.45) is 1.54. The van der Waals surface area contributed by atoms with Crippen LogP contribution in [-0.4, -0.2) is 5.16 Å². The zero-order valence-corrected chi connectivity index (χ0v) is 5.09. The van der Waals surface area contributed by atoms with Crippen LogP contribution in [0.3, 0.4) is 0 Å². The second-order valence-corrected chi connectivity index (χ2v) is 2.00. The highest BCUT2D eigenvalue weighted by atomic mass is 16.5. The minimum atomic E-state index is 0.639. The summed E-state index contributed by atoms with van der Waals surface area (Å²) in [5.74, 6) is 0. The van der Waals surface area contributed by atoms with Crippen molar-refractivity contribution in [2.24, 2.45) is 5.11 Å². The van der Waals surface area contributed by atoms with E-state index in [4.69, 9.17) is 10.1 Å². The monoisotopic (exact) mass is 135 g/mol. The van der Waals surface area contributed by atoms with Crippen molar-refractivity contribution in [2.75, 3.05) is 0 Å². The van der Waals surface area contributed by atoms with Gasteiger partial charge in [0.05, 0.1) is 16.9 Å². The number of H-pyrrole nitrogens is 1. The Morgan fingerprint density at radius 1 is 1.50 bits per heavy atom. The Morgan fingerprint density at radius 3 is 3.20 bits per heavy atom. The molecule has 0 saturated heterocycles.